The standard InChI is InChI=1S/C12H8BrClFN3O/c13-7-2-1-3-8(15)11(7)18-12(19)6-4-9(14)17-10(16)5-6/h1-5H,(H2,16,17)(H,18,19). The topological polar surface area (TPSA) is 68.0 Å². The number of rotatable bonds is 2. The molecule has 0 bridgehead atoms. The van der Waals surface area contributed by atoms with Gasteiger partial charge in [0.15, 0.2) is 0 Å². The van der Waals surface area contributed by atoms with Crippen molar-refractivity contribution >= 4 is 44.9 Å². The van der Waals surface area contributed by atoms with Crippen molar-refractivity contribution in [1.82, 2.24) is 4.98 Å². The molecule has 0 aliphatic carbocycles. The van der Waals surface area contributed by atoms with Gasteiger partial charge in [0, 0.05) is 10.0 Å². The highest BCUT2D eigenvalue weighted by Gasteiger charge is 2.13. The monoisotopic (exact) mass is 343 g/mol. The van der Waals surface area contributed by atoms with Crippen molar-refractivity contribution in [2.75, 3.05) is 11.1 Å². The van der Waals surface area contributed by atoms with Crippen molar-refractivity contribution in [3.8, 4) is 0 Å². The van der Waals surface area contributed by atoms with E-state index in [0.717, 1.165) is 0 Å². The Labute approximate surface area is 121 Å². The van der Waals surface area contributed by atoms with Crippen LogP contribution in [0.15, 0.2) is 34.8 Å². The summed E-state index contributed by atoms with van der Waals surface area (Å²) in [5, 5.41) is 2.54. The van der Waals surface area contributed by atoms with Gasteiger partial charge in [-0.3, -0.25) is 4.79 Å². The summed E-state index contributed by atoms with van der Waals surface area (Å²) in [5.74, 6) is -0.956. The molecule has 1 heterocycles. The van der Waals surface area contributed by atoms with Crippen LogP contribution in [0.3, 0.4) is 0 Å². The molecule has 98 valence electrons. The first-order valence-corrected chi connectivity index (χ1v) is 6.33. The van der Waals surface area contributed by atoms with E-state index in [1.54, 1.807) is 6.07 Å². The molecule has 0 radical (unpaired) electrons. The van der Waals surface area contributed by atoms with E-state index in [2.05, 4.69) is 26.2 Å². The van der Waals surface area contributed by atoms with Crippen LogP contribution in [0.1, 0.15) is 10.4 Å². The van der Waals surface area contributed by atoms with E-state index in [1.807, 2.05) is 0 Å². The molecule has 7 heteroatoms. The third-order valence-electron chi connectivity index (χ3n) is 2.28. The van der Waals surface area contributed by atoms with Gasteiger partial charge in [-0.15, -0.1) is 0 Å². The molecule has 1 amide bonds. The normalized spacial score (nSPS) is 10.3. The number of hydrogen-bond donors (Lipinski definition) is 2. The largest absolute Gasteiger partial charge is 0.384 e. The summed E-state index contributed by atoms with van der Waals surface area (Å²) in [7, 11) is 0. The van der Waals surface area contributed by atoms with Gasteiger partial charge in [-0.25, -0.2) is 9.37 Å². The van der Waals surface area contributed by atoms with Crippen LogP contribution >= 0.6 is 27.5 Å². The van der Waals surface area contributed by atoms with Gasteiger partial charge in [0.05, 0.1) is 5.69 Å². The zero-order valence-corrected chi connectivity index (χ0v) is 11.8. The molecule has 0 aliphatic heterocycles. The van der Waals surface area contributed by atoms with Crippen LogP contribution in [0.4, 0.5) is 15.9 Å². The number of para-hydroxylation sites is 1. The molecule has 0 unspecified atom stereocenters. The summed E-state index contributed by atoms with van der Waals surface area (Å²) in [4.78, 5) is 15.7. The molecule has 1 aromatic heterocycles. The maximum atomic E-state index is 13.6. The predicted molar refractivity (Wildman–Crippen MR) is 75.7 cm³/mol. The van der Waals surface area contributed by atoms with E-state index in [0.29, 0.717) is 4.47 Å². The number of carbonyl (C=O) groups is 1. The second kappa shape index (κ2) is 5.54. The number of nitrogens with zero attached hydrogens (tertiary/aromatic N) is 1. The SMILES string of the molecule is Nc1cc(C(=O)Nc2c(F)cccc2Br)cc(Cl)n1. The number of hydrogen-bond acceptors (Lipinski definition) is 3. The minimum Gasteiger partial charge on any atom is -0.384 e. The molecule has 2 rings (SSSR count). The number of benzene rings is 1. The summed E-state index contributed by atoms with van der Waals surface area (Å²) in [5.41, 5.74) is 5.75. The molecular weight excluding hydrogens is 337 g/mol. The third-order valence-corrected chi connectivity index (χ3v) is 3.13. The maximum Gasteiger partial charge on any atom is 0.256 e. The number of nitrogen functional groups attached to an aromatic ring is 1. The van der Waals surface area contributed by atoms with Gasteiger partial charge in [-0.2, -0.15) is 0 Å². The van der Waals surface area contributed by atoms with Gasteiger partial charge in [-0.1, -0.05) is 17.7 Å². The lowest BCUT2D eigenvalue weighted by Crippen LogP contribution is -2.14. The highest BCUT2D eigenvalue weighted by atomic mass is 79.9. The molecule has 4 nitrogen and oxygen atoms in total. The molecule has 3 N–H and O–H groups in total. The molecule has 0 fully saturated rings. The summed E-state index contributed by atoms with van der Waals surface area (Å²) in [6.45, 7) is 0. The van der Waals surface area contributed by atoms with Gasteiger partial charge in [0.1, 0.15) is 16.8 Å². The van der Waals surface area contributed by atoms with E-state index in [-0.39, 0.29) is 22.2 Å². The lowest BCUT2D eigenvalue weighted by atomic mass is 10.2. The minimum absolute atomic E-state index is 0.0546. The van der Waals surface area contributed by atoms with Crippen LogP contribution in [-0.2, 0) is 0 Å². The molecule has 0 saturated heterocycles. The maximum absolute atomic E-state index is 13.6. The number of carbonyl (C=O) groups excluding carboxylic acids is 1. The summed E-state index contributed by atoms with van der Waals surface area (Å²) >= 11 is 8.86. The average Bonchev–Trinajstić information content (AvgIpc) is 2.32. The van der Waals surface area contributed by atoms with Gasteiger partial charge in [-0.05, 0) is 40.2 Å². The van der Waals surface area contributed by atoms with Gasteiger partial charge in [0.2, 0.25) is 0 Å². The zero-order chi connectivity index (χ0) is 14.0. The van der Waals surface area contributed by atoms with Gasteiger partial charge >= 0.3 is 0 Å². The van der Waals surface area contributed by atoms with Crippen molar-refractivity contribution in [3.05, 3.63) is 51.3 Å². The number of anilines is 2. The van der Waals surface area contributed by atoms with E-state index >= 15 is 0 Å². The van der Waals surface area contributed by atoms with Crippen molar-refractivity contribution < 1.29 is 9.18 Å². The fourth-order valence-electron chi connectivity index (χ4n) is 1.45. The van der Waals surface area contributed by atoms with Crippen LogP contribution in [0.2, 0.25) is 5.15 Å². The fraction of sp³-hybridized carbons (Fsp3) is 0. The Bertz CT molecular complexity index is 610. The van der Waals surface area contributed by atoms with Gasteiger partial charge < -0.3 is 11.1 Å². The molecule has 0 saturated carbocycles. The van der Waals surface area contributed by atoms with Crippen LogP contribution in [0.5, 0.6) is 0 Å². The molecule has 0 spiro atoms. The third kappa shape index (κ3) is 3.21. The Morgan fingerprint density at radius 1 is 1.42 bits per heavy atom. The molecule has 19 heavy (non-hydrogen) atoms. The lowest BCUT2D eigenvalue weighted by Gasteiger charge is -2.09. The Kier molecular flexibility index (Phi) is 4.01. The summed E-state index contributed by atoms with van der Waals surface area (Å²) in [6.07, 6.45) is 0. The van der Waals surface area contributed by atoms with Crippen LogP contribution < -0.4 is 11.1 Å². The first-order valence-electron chi connectivity index (χ1n) is 5.16. The molecule has 0 aliphatic rings. The van der Waals surface area contributed by atoms with E-state index in [9.17, 15) is 9.18 Å². The van der Waals surface area contributed by atoms with E-state index in [4.69, 9.17) is 17.3 Å². The highest BCUT2D eigenvalue weighted by Crippen LogP contribution is 2.26. The van der Waals surface area contributed by atoms with Crippen molar-refractivity contribution in [2.24, 2.45) is 0 Å². The Balaban J connectivity index is 2.31. The van der Waals surface area contributed by atoms with Crippen LogP contribution in [-0.4, -0.2) is 10.9 Å². The van der Waals surface area contributed by atoms with Crippen molar-refractivity contribution in [1.29, 1.82) is 0 Å². The second-order valence-electron chi connectivity index (χ2n) is 3.65. The van der Waals surface area contributed by atoms with Crippen LogP contribution in [0, 0.1) is 5.82 Å². The smallest absolute Gasteiger partial charge is 0.256 e. The Hall–Kier alpha value is -1.66. The average molecular weight is 345 g/mol. The molecule has 0 atom stereocenters. The first-order chi connectivity index (χ1) is 8.97. The Morgan fingerprint density at radius 3 is 2.79 bits per heavy atom. The summed E-state index contributed by atoms with van der Waals surface area (Å²) in [6, 6.07) is 7.09. The number of aromatic nitrogens is 1. The first kappa shape index (κ1) is 13.8. The zero-order valence-electron chi connectivity index (χ0n) is 9.45. The summed E-state index contributed by atoms with van der Waals surface area (Å²) < 4.78 is 14.0. The molecule has 1 aromatic carbocycles. The molecule has 2 aromatic rings. The van der Waals surface area contributed by atoms with Gasteiger partial charge in [0.25, 0.3) is 5.91 Å². The Morgan fingerprint density at radius 2 is 2.16 bits per heavy atom. The van der Waals surface area contributed by atoms with Crippen LogP contribution in [0.25, 0.3) is 0 Å². The minimum atomic E-state index is -0.546. The predicted octanol–water partition coefficient (Wildman–Crippen LogP) is 3.47. The second-order valence-corrected chi connectivity index (χ2v) is 4.90. The van der Waals surface area contributed by atoms with E-state index in [1.165, 1.54) is 24.3 Å². The molecular formula is C12H8BrClFN3O. The quantitative estimate of drug-likeness (QED) is 0.820. The lowest BCUT2D eigenvalue weighted by molar-refractivity contribution is 0.102. The fourth-order valence-corrected chi connectivity index (χ4v) is 2.11. The highest BCUT2D eigenvalue weighted by molar-refractivity contribution is 9.10. The number of pyridine rings is 1. The number of nitrogens with two attached hydrogens (primary N) is 1. The van der Waals surface area contributed by atoms with E-state index < -0.39 is 11.7 Å². The van der Waals surface area contributed by atoms with Crippen molar-refractivity contribution in [3.63, 3.8) is 0 Å². The van der Waals surface area contributed by atoms with Crippen molar-refractivity contribution in [2.45, 2.75) is 0 Å². The number of amides is 1. The number of halogens is 3. The number of nitrogens with one attached hydrogen (secondary N) is 1.